The highest BCUT2D eigenvalue weighted by atomic mass is 19.2. The number of benzene rings is 1. The van der Waals surface area contributed by atoms with Crippen LogP contribution in [0.5, 0.6) is 0 Å². The molecule has 0 atom stereocenters. The van der Waals surface area contributed by atoms with Gasteiger partial charge in [0.2, 0.25) is 5.76 Å². The molecule has 4 heteroatoms. The van der Waals surface area contributed by atoms with Gasteiger partial charge in [-0.25, -0.2) is 8.78 Å². The quantitative estimate of drug-likeness (QED) is 0.623. The number of hydrogen-bond acceptors (Lipinski definition) is 2. The first kappa shape index (κ1) is 7.74. The fourth-order valence-electron chi connectivity index (χ4n) is 1.09. The van der Waals surface area contributed by atoms with Crippen molar-refractivity contribution in [2.75, 3.05) is 0 Å². The van der Waals surface area contributed by atoms with Crippen LogP contribution >= 0.6 is 0 Å². The Bertz CT molecular complexity index is 471. The first-order valence-corrected chi connectivity index (χ1v) is 3.49. The van der Waals surface area contributed by atoms with Gasteiger partial charge in [-0.15, -0.1) is 0 Å². The van der Waals surface area contributed by atoms with Crippen molar-refractivity contribution in [3.05, 3.63) is 35.6 Å². The van der Waals surface area contributed by atoms with E-state index in [1.165, 1.54) is 6.07 Å². The predicted octanol–water partition coefficient (Wildman–Crippen LogP) is 2.58. The lowest BCUT2D eigenvalue weighted by Crippen LogP contribution is -1.80. The van der Waals surface area contributed by atoms with Gasteiger partial charge in [0, 0.05) is 17.5 Å². The maximum Gasteiger partial charge on any atom is 0.204 e. The Morgan fingerprint density at radius 3 is 2.54 bits per heavy atom. The summed E-state index contributed by atoms with van der Waals surface area (Å²) in [6, 6.07) is 5.02. The van der Waals surface area contributed by atoms with Crippen LogP contribution in [-0.2, 0) is 0 Å². The average Bonchev–Trinajstić information content (AvgIpc) is 2.48. The first-order valence-electron chi connectivity index (χ1n) is 3.49. The lowest BCUT2D eigenvalue weighted by Gasteiger charge is -1.90. The molecule has 0 N–H and O–H groups in total. The van der Waals surface area contributed by atoms with Gasteiger partial charge in [-0.3, -0.25) is 0 Å². The van der Waals surface area contributed by atoms with E-state index in [4.69, 9.17) is 9.68 Å². The molecule has 0 amide bonds. The summed E-state index contributed by atoms with van der Waals surface area (Å²) in [4.78, 5) is 0. The van der Waals surface area contributed by atoms with Crippen LogP contribution in [0.15, 0.2) is 22.6 Å². The predicted molar refractivity (Wildman–Crippen MR) is 40.8 cm³/mol. The van der Waals surface area contributed by atoms with Crippen molar-refractivity contribution in [1.82, 2.24) is 0 Å². The molecule has 0 radical (unpaired) electrons. The molecule has 1 aromatic heterocycles. The van der Waals surface area contributed by atoms with Crippen LogP contribution in [0.3, 0.4) is 0 Å². The third-order valence-electron chi connectivity index (χ3n) is 1.67. The molecule has 0 unspecified atom stereocenters. The summed E-state index contributed by atoms with van der Waals surface area (Å²) in [6.45, 7) is 0. The molecule has 0 aliphatic heterocycles. The second-order valence-electron chi connectivity index (χ2n) is 2.53. The van der Waals surface area contributed by atoms with E-state index in [0.29, 0.717) is 5.39 Å². The van der Waals surface area contributed by atoms with Crippen LogP contribution in [0.4, 0.5) is 8.78 Å². The minimum absolute atomic E-state index is 0.0417. The molecule has 1 aromatic carbocycles. The van der Waals surface area contributed by atoms with Crippen LogP contribution in [0.25, 0.3) is 11.0 Å². The first-order chi connectivity index (χ1) is 6.20. The number of halogens is 2. The van der Waals surface area contributed by atoms with Crippen molar-refractivity contribution < 1.29 is 13.2 Å². The summed E-state index contributed by atoms with van der Waals surface area (Å²) in [5, 5.41) is 8.83. The Morgan fingerprint density at radius 2 is 1.85 bits per heavy atom. The van der Waals surface area contributed by atoms with Gasteiger partial charge in [-0.05, 0) is 6.07 Å². The monoisotopic (exact) mass is 179 g/mol. The number of furan rings is 1. The Morgan fingerprint density at radius 1 is 1.15 bits per heavy atom. The number of hydrogen-bond donors (Lipinski definition) is 0. The highest BCUT2D eigenvalue weighted by Gasteiger charge is 2.08. The SMILES string of the molecule is N#Cc1cc2cc(F)c(F)cc2o1. The van der Waals surface area contributed by atoms with Crippen LogP contribution in [0.1, 0.15) is 5.76 Å². The Kier molecular flexibility index (Phi) is 1.52. The van der Waals surface area contributed by atoms with Crippen LogP contribution < -0.4 is 0 Å². The van der Waals surface area contributed by atoms with Gasteiger partial charge in [-0.1, -0.05) is 0 Å². The van der Waals surface area contributed by atoms with Gasteiger partial charge in [0.25, 0.3) is 0 Å². The summed E-state index contributed by atoms with van der Waals surface area (Å²) in [5.41, 5.74) is 0.176. The van der Waals surface area contributed by atoms with Gasteiger partial charge >= 0.3 is 0 Å². The summed E-state index contributed by atoms with van der Waals surface area (Å²) < 4.78 is 30.2. The Labute approximate surface area is 72.0 Å². The molecule has 0 saturated heterocycles. The lowest BCUT2D eigenvalue weighted by atomic mass is 10.2. The summed E-state index contributed by atoms with van der Waals surface area (Å²) in [7, 11) is 0. The molecule has 0 aliphatic rings. The van der Waals surface area contributed by atoms with E-state index in [9.17, 15) is 8.78 Å². The lowest BCUT2D eigenvalue weighted by molar-refractivity contribution is 0.507. The zero-order chi connectivity index (χ0) is 9.42. The standard InChI is InChI=1S/C9H3F2NO/c10-7-2-5-1-6(4-12)13-9(5)3-8(7)11/h1-3H. The maximum absolute atomic E-state index is 12.7. The van der Waals surface area contributed by atoms with E-state index in [2.05, 4.69) is 0 Å². The maximum atomic E-state index is 12.7. The molecule has 0 spiro atoms. The van der Waals surface area contributed by atoms with Crippen LogP contribution in [0.2, 0.25) is 0 Å². The molecule has 2 nitrogen and oxygen atoms in total. The van der Waals surface area contributed by atoms with Gasteiger partial charge < -0.3 is 4.42 Å². The molecule has 2 aromatic rings. The molecule has 0 fully saturated rings. The largest absolute Gasteiger partial charge is 0.445 e. The van der Waals surface area contributed by atoms with Crippen molar-refractivity contribution in [3.8, 4) is 6.07 Å². The number of nitriles is 1. The molecule has 2 rings (SSSR count). The van der Waals surface area contributed by atoms with Crippen molar-refractivity contribution in [3.63, 3.8) is 0 Å². The Hall–Kier alpha value is -1.89. The van der Waals surface area contributed by atoms with E-state index >= 15 is 0 Å². The van der Waals surface area contributed by atoms with Gasteiger partial charge in [0.05, 0.1) is 0 Å². The molecular weight excluding hydrogens is 176 g/mol. The topological polar surface area (TPSA) is 36.9 Å². The van der Waals surface area contributed by atoms with Crippen molar-refractivity contribution in [2.45, 2.75) is 0 Å². The Balaban J connectivity index is 2.79. The van der Waals surface area contributed by atoms with E-state index in [1.807, 2.05) is 0 Å². The third kappa shape index (κ3) is 1.14. The summed E-state index contributed by atoms with van der Waals surface area (Å²) in [5.74, 6) is -1.89. The molecule has 64 valence electrons. The van der Waals surface area contributed by atoms with Gasteiger partial charge in [0.15, 0.2) is 11.6 Å². The van der Waals surface area contributed by atoms with E-state index < -0.39 is 11.6 Å². The second-order valence-corrected chi connectivity index (χ2v) is 2.53. The molecule has 1 heterocycles. The van der Waals surface area contributed by atoms with E-state index in [-0.39, 0.29) is 11.3 Å². The average molecular weight is 179 g/mol. The summed E-state index contributed by atoms with van der Waals surface area (Å²) in [6.07, 6.45) is 0. The molecular formula is C9H3F2NO. The fourth-order valence-corrected chi connectivity index (χ4v) is 1.09. The van der Waals surface area contributed by atoms with Crippen LogP contribution in [0, 0.1) is 23.0 Å². The normalized spacial score (nSPS) is 10.2. The number of fused-ring (bicyclic) bond motifs is 1. The van der Waals surface area contributed by atoms with Crippen molar-refractivity contribution in [1.29, 1.82) is 5.26 Å². The molecule has 0 bridgehead atoms. The minimum Gasteiger partial charge on any atom is -0.445 e. The smallest absolute Gasteiger partial charge is 0.204 e. The van der Waals surface area contributed by atoms with Crippen LogP contribution in [-0.4, -0.2) is 0 Å². The highest BCUT2D eigenvalue weighted by Crippen LogP contribution is 2.21. The van der Waals surface area contributed by atoms with E-state index in [1.54, 1.807) is 6.07 Å². The molecule has 0 aliphatic carbocycles. The minimum atomic E-state index is -0.980. The fraction of sp³-hybridized carbons (Fsp3) is 0. The van der Waals surface area contributed by atoms with Gasteiger partial charge in [0.1, 0.15) is 11.7 Å². The zero-order valence-corrected chi connectivity index (χ0v) is 6.34. The molecule has 0 saturated carbocycles. The second kappa shape index (κ2) is 2.56. The third-order valence-corrected chi connectivity index (χ3v) is 1.67. The highest BCUT2D eigenvalue weighted by molar-refractivity contribution is 5.78. The van der Waals surface area contributed by atoms with Gasteiger partial charge in [-0.2, -0.15) is 5.26 Å². The summed E-state index contributed by atoms with van der Waals surface area (Å²) >= 11 is 0. The van der Waals surface area contributed by atoms with Crippen molar-refractivity contribution >= 4 is 11.0 Å². The molecule has 13 heavy (non-hydrogen) atoms. The van der Waals surface area contributed by atoms with Crippen molar-refractivity contribution in [2.24, 2.45) is 0 Å². The number of nitrogens with zero attached hydrogens (tertiary/aromatic N) is 1. The zero-order valence-electron chi connectivity index (χ0n) is 6.34. The number of rotatable bonds is 0. The van der Waals surface area contributed by atoms with E-state index in [0.717, 1.165) is 12.1 Å².